The highest BCUT2D eigenvalue weighted by atomic mass is 16.5. The fourth-order valence-electron chi connectivity index (χ4n) is 1.83. The Morgan fingerprint density at radius 1 is 1.33 bits per heavy atom. The lowest BCUT2D eigenvalue weighted by Crippen LogP contribution is -2.63. The van der Waals surface area contributed by atoms with Gasteiger partial charge in [-0.2, -0.15) is 0 Å². The summed E-state index contributed by atoms with van der Waals surface area (Å²) >= 11 is 0. The molecule has 1 saturated heterocycles. The van der Waals surface area contributed by atoms with Crippen molar-refractivity contribution in [1.82, 2.24) is 4.90 Å². The molecule has 0 unspecified atom stereocenters. The molecule has 0 atom stereocenters. The lowest BCUT2D eigenvalue weighted by atomic mass is 9.96. The Hall–Kier alpha value is -1.14. The molecule has 0 aromatic heterocycles. The lowest BCUT2D eigenvalue weighted by molar-refractivity contribution is -0.173. The van der Waals surface area contributed by atoms with Crippen LogP contribution in [0.15, 0.2) is 0 Å². The van der Waals surface area contributed by atoms with Crippen LogP contribution >= 0.6 is 0 Å². The fourth-order valence-corrected chi connectivity index (χ4v) is 1.83. The van der Waals surface area contributed by atoms with Crippen LogP contribution in [0, 0.1) is 0 Å². The number of aliphatic carboxylic acids is 1. The summed E-state index contributed by atoms with van der Waals surface area (Å²) in [5, 5.41) is 8.52. The third-order valence-electron chi connectivity index (χ3n) is 2.76. The summed E-state index contributed by atoms with van der Waals surface area (Å²) in [4.78, 5) is 23.7. The predicted molar refractivity (Wildman–Crippen MR) is 64.3 cm³/mol. The van der Waals surface area contributed by atoms with E-state index in [1.165, 1.54) is 0 Å². The maximum absolute atomic E-state index is 11.7. The maximum atomic E-state index is 11.7. The van der Waals surface area contributed by atoms with Crippen molar-refractivity contribution in [3.63, 3.8) is 0 Å². The number of ether oxygens (including phenoxy) is 2. The van der Waals surface area contributed by atoms with Crippen LogP contribution < -0.4 is 0 Å². The van der Waals surface area contributed by atoms with Crippen molar-refractivity contribution in [2.45, 2.75) is 32.3 Å². The van der Waals surface area contributed by atoms with Crippen molar-refractivity contribution in [3.8, 4) is 0 Å². The second-order valence-corrected chi connectivity index (χ2v) is 4.74. The first kappa shape index (κ1) is 14.9. The van der Waals surface area contributed by atoms with Crippen molar-refractivity contribution in [3.05, 3.63) is 0 Å². The molecule has 1 N–H and O–H groups in total. The molecule has 1 aliphatic rings. The highest BCUT2D eigenvalue weighted by Gasteiger charge is 2.42. The molecule has 6 heteroatoms. The summed E-state index contributed by atoms with van der Waals surface area (Å²) in [7, 11) is 0. The van der Waals surface area contributed by atoms with Crippen LogP contribution in [-0.2, 0) is 19.1 Å². The molecule has 6 nitrogen and oxygen atoms in total. The average Bonchev–Trinajstić information content (AvgIpc) is 2.28. The minimum absolute atomic E-state index is 0.0301. The number of carbonyl (C=O) groups is 2. The van der Waals surface area contributed by atoms with Gasteiger partial charge >= 0.3 is 5.97 Å². The molecule has 1 fully saturated rings. The second kappa shape index (κ2) is 6.70. The summed E-state index contributed by atoms with van der Waals surface area (Å²) in [5.74, 6) is -0.962. The number of likely N-dealkylation sites (tertiary alicyclic amines) is 1. The van der Waals surface area contributed by atoms with Crippen molar-refractivity contribution >= 4 is 11.9 Å². The molecule has 1 aliphatic heterocycles. The van der Waals surface area contributed by atoms with Crippen LogP contribution in [0.5, 0.6) is 0 Å². The first-order valence-electron chi connectivity index (χ1n) is 6.18. The molecule has 18 heavy (non-hydrogen) atoms. The molecule has 104 valence electrons. The average molecular weight is 259 g/mol. The SMILES string of the molecule is CCCOCCC(=O)N1CC(C)(OCC(=O)O)C1. The van der Waals surface area contributed by atoms with Gasteiger partial charge in [0.15, 0.2) is 0 Å². The van der Waals surface area contributed by atoms with Crippen LogP contribution in [-0.4, -0.2) is 60.4 Å². The fraction of sp³-hybridized carbons (Fsp3) is 0.833. The molecule has 0 aromatic carbocycles. The van der Waals surface area contributed by atoms with E-state index in [9.17, 15) is 9.59 Å². The Labute approximate surface area is 107 Å². The first-order valence-corrected chi connectivity index (χ1v) is 6.18. The van der Waals surface area contributed by atoms with Crippen molar-refractivity contribution in [2.75, 3.05) is 32.9 Å². The number of hydrogen-bond acceptors (Lipinski definition) is 4. The molecule has 1 amide bonds. The first-order chi connectivity index (χ1) is 8.47. The summed E-state index contributed by atoms with van der Waals surface area (Å²) in [6, 6.07) is 0. The summed E-state index contributed by atoms with van der Waals surface area (Å²) in [5.41, 5.74) is -0.516. The summed E-state index contributed by atoms with van der Waals surface area (Å²) in [6.45, 7) is 5.52. The van der Waals surface area contributed by atoms with Crippen LogP contribution in [0.4, 0.5) is 0 Å². The monoisotopic (exact) mass is 259 g/mol. The van der Waals surface area contributed by atoms with E-state index >= 15 is 0 Å². The zero-order valence-corrected chi connectivity index (χ0v) is 11.0. The van der Waals surface area contributed by atoms with Gasteiger partial charge in [0, 0.05) is 6.61 Å². The van der Waals surface area contributed by atoms with Gasteiger partial charge in [0.1, 0.15) is 12.2 Å². The number of hydrogen-bond donors (Lipinski definition) is 1. The predicted octanol–water partition coefficient (Wildman–Crippen LogP) is 0.505. The lowest BCUT2D eigenvalue weighted by Gasteiger charge is -2.47. The molecule has 0 aromatic rings. The van der Waals surface area contributed by atoms with Gasteiger partial charge in [-0.05, 0) is 13.3 Å². The van der Waals surface area contributed by atoms with Crippen molar-refractivity contribution in [1.29, 1.82) is 0 Å². The van der Waals surface area contributed by atoms with E-state index in [1.54, 1.807) is 4.90 Å². The van der Waals surface area contributed by atoms with E-state index in [0.717, 1.165) is 6.42 Å². The Bertz CT molecular complexity index is 299. The van der Waals surface area contributed by atoms with Gasteiger partial charge in [0.25, 0.3) is 0 Å². The minimum atomic E-state index is -0.992. The Morgan fingerprint density at radius 2 is 2.00 bits per heavy atom. The van der Waals surface area contributed by atoms with Gasteiger partial charge in [-0.3, -0.25) is 4.79 Å². The quantitative estimate of drug-likeness (QED) is 0.643. The van der Waals surface area contributed by atoms with Gasteiger partial charge in [-0.25, -0.2) is 4.79 Å². The molecule has 0 spiro atoms. The highest BCUT2D eigenvalue weighted by Crippen LogP contribution is 2.25. The largest absolute Gasteiger partial charge is 0.480 e. The van der Waals surface area contributed by atoms with Gasteiger partial charge in [-0.15, -0.1) is 0 Å². The van der Waals surface area contributed by atoms with Crippen LogP contribution in [0.2, 0.25) is 0 Å². The highest BCUT2D eigenvalue weighted by molar-refractivity contribution is 5.77. The Morgan fingerprint density at radius 3 is 2.56 bits per heavy atom. The summed E-state index contributed by atoms with van der Waals surface area (Å²) < 4.78 is 10.5. The number of amides is 1. The van der Waals surface area contributed by atoms with Crippen LogP contribution in [0.1, 0.15) is 26.7 Å². The molecule has 0 radical (unpaired) electrons. The summed E-state index contributed by atoms with van der Waals surface area (Å²) in [6.07, 6.45) is 1.31. The molecular formula is C12H21NO5. The zero-order valence-electron chi connectivity index (χ0n) is 11.0. The number of nitrogens with zero attached hydrogens (tertiary/aromatic N) is 1. The molecule has 0 saturated carbocycles. The molecule has 1 heterocycles. The third kappa shape index (κ3) is 4.62. The topological polar surface area (TPSA) is 76.1 Å². The molecule has 1 rings (SSSR count). The van der Waals surface area contributed by atoms with Crippen molar-refractivity contribution in [2.24, 2.45) is 0 Å². The van der Waals surface area contributed by atoms with Gasteiger partial charge in [-0.1, -0.05) is 6.92 Å². The number of carbonyl (C=O) groups excluding carboxylic acids is 1. The van der Waals surface area contributed by atoms with E-state index < -0.39 is 11.6 Å². The molecular weight excluding hydrogens is 238 g/mol. The number of carboxylic acids is 1. The van der Waals surface area contributed by atoms with Gasteiger partial charge in [0.2, 0.25) is 5.91 Å². The van der Waals surface area contributed by atoms with E-state index in [1.807, 2.05) is 13.8 Å². The normalized spacial score (nSPS) is 17.3. The Balaban J connectivity index is 2.16. The molecule has 0 bridgehead atoms. The second-order valence-electron chi connectivity index (χ2n) is 4.74. The maximum Gasteiger partial charge on any atom is 0.329 e. The van der Waals surface area contributed by atoms with E-state index in [2.05, 4.69) is 0 Å². The standard InChI is InChI=1S/C12H21NO5/c1-3-5-17-6-4-10(14)13-8-12(2,9-13)18-7-11(15)16/h3-9H2,1-2H3,(H,15,16). The zero-order chi connectivity index (χ0) is 13.6. The number of rotatable bonds is 8. The molecule has 0 aliphatic carbocycles. The van der Waals surface area contributed by atoms with E-state index in [0.29, 0.717) is 32.7 Å². The number of carboxylic acid groups (broad SMARTS) is 1. The Kier molecular flexibility index (Phi) is 5.55. The van der Waals surface area contributed by atoms with Crippen LogP contribution in [0.25, 0.3) is 0 Å². The van der Waals surface area contributed by atoms with Crippen LogP contribution in [0.3, 0.4) is 0 Å². The van der Waals surface area contributed by atoms with Gasteiger partial charge < -0.3 is 19.5 Å². The minimum Gasteiger partial charge on any atom is -0.480 e. The van der Waals surface area contributed by atoms with E-state index in [4.69, 9.17) is 14.6 Å². The smallest absolute Gasteiger partial charge is 0.329 e. The van der Waals surface area contributed by atoms with E-state index in [-0.39, 0.29) is 12.5 Å². The third-order valence-corrected chi connectivity index (χ3v) is 2.76. The van der Waals surface area contributed by atoms with Crippen molar-refractivity contribution < 1.29 is 24.2 Å². The van der Waals surface area contributed by atoms with Gasteiger partial charge in [0.05, 0.1) is 26.1 Å².